The van der Waals surface area contributed by atoms with E-state index in [1.165, 1.54) is 6.21 Å². The topological polar surface area (TPSA) is 83.5 Å². The first-order valence-corrected chi connectivity index (χ1v) is 7.16. The predicted octanol–water partition coefficient (Wildman–Crippen LogP) is 2.24. The summed E-state index contributed by atoms with van der Waals surface area (Å²) in [6.45, 7) is 1.83. The van der Waals surface area contributed by atoms with E-state index in [2.05, 4.69) is 36.8 Å². The van der Waals surface area contributed by atoms with Gasteiger partial charge in [-0.3, -0.25) is 14.6 Å². The number of anilines is 1. The molecule has 0 aliphatic heterocycles. The Morgan fingerprint density at radius 3 is 2.77 bits per heavy atom. The lowest BCUT2D eigenvalue weighted by atomic mass is 10.2. The summed E-state index contributed by atoms with van der Waals surface area (Å²) in [5.74, 6) is -1.63. The Kier molecular flexibility index (Phi) is 5.37. The van der Waals surface area contributed by atoms with Crippen molar-refractivity contribution in [3.05, 3.63) is 58.3 Å². The number of amides is 2. The molecule has 2 amide bonds. The molecule has 0 bridgehead atoms. The van der Waals surface area contributed by atoms with E-state index in [4.69, 9.17) is 0 Å². The van der Waals surface area contributed by atoms with Gasteiger partial charge in [-0.25, -0.2) is 5.43 Å². The lowest BCUT2D eigenvalue weighted by Gasteiger charge is -2.07. The van der Waals surface area contributed by atoms with Gasteiger partial charge in [-0.2, -0.15) is 5.10 Å². The summed E-state index contributed by atoms with van der Waals surface area (Å²) >= 11 is 3.33. The van der Waals surface area contributed by atoms with Gasteiger partial charge in [-0.05, 0) is 36.8 Å². The van der Waals surface area contributed by atoms with Crippen LogP contribution in [0.2, 0.25) is 0 Å². The van der Waals surface area contributed by atoms with E-state index in [0.717, 1.165) is 10.0 Å². The maximum Gasteiger partial charge on any atom is 0.329 e. The van der Waals surface area contributed by atoms with Crippen LogP contribution in [0.4, 0.5) is 5.69 Å². The number of aromatic nitrogens is 1. The molecule has 112 valence electrons. The Balaban J connectivity index is 1.92. The van der Waals surface area contributed by atoms with Gasteiger partial charge < -0.3 is 5.32 Å². The van der Waals surface area contributed by atoms with Gasteiger partial charge in [0.15, 0.2) is 0 Å². The summed E-state index contributed by atoms with van der Waals surface area (Å²) in [5, 5.41) is 6.24. The van der Waals surface area contributed by atoms with Gasteiger partial charge in [0.25, 0.3) is 0 Å². The Labute approximate surface area is 135 Å². The summed E-state index contributed by atoms with van der Waals surface area (Å²) in [6, 6.07) is 8.85. The van der Waals surface area contributed by atoms with Gasteiger partial charge in [0.2, 0.25) is 0 Å². The number of carbonyl (C=O) groups excluding carboxylic acids is 2. The van der Waals surface area contributed by atoms with Crippen LogP contribution < -0.4 is 10.7 Å². The molecule has 1 aromatic heterocycles. The van der Waals surface area contributed by atoms with Crippen LogP contribution in [-0.2, 0) is 9.59 Å². The van der Waals surface area contributed by atoms with Crippen LogP contribution in [0.3, 0.4) is 0 Å². The minimum atomic E-state index is -0.845. The monoisotopic (exact) mass is 360 g/mol. The largest absolute Gasteiger partial charge is 0.329 e. The first-order chi connectivity index (χ1) is 10.6. The number of rotatable bonds is 3. The van der Waals surface area contributed by atoms with Crippen LogP contribution in [0.15, 0.2) is 52.3 Å². The molecular weight excluding hydrogens is 348 g/mol. The van der Waals surface area contributed by atoms with Gasteiger partial charge in [0.05, 0.1) is 6.21 Å². The summed E-state index contributed by atoms with van der Waals surface area (Å²) in [6.07, 6.45) is 4.62. The quantitative estimate of drug-likeness (QED) is 0.500. The molecule has 0 spiro atoms. The first-order valence-electron chi connectivity index (χ1n) is 6.37. The van der Waals surface area contributed by atoms with Crippen molar-refractivity contribution >= 4 is 39.6 Å². The van der Waals surface area contributed by atoms with Crippen LogP contribution in [0.1, 0.15) is 11.1 Å². The fourth-order valence-electron chi connectivity index (χ4n) is 1.61. The van der Waals surface area contributed by atoms with E-state index in [1.54, 1.807) is 36.7 Å². The number of benzene rings is 1. The number of pyridine rings is 1. The van der Waals surface area contributed by atoms with E-state index < -0.39 is 11.8 Å². The second-order valence-electron chi connectivity index (χ2n) is 4.40. The zero-order chi connectivity index (χ0) is 15.9. The number of nitrogens with zero attached hydrogens (tertiary/aromatic N) is 2. The molecule has 2 aromatic rings. The maximum atomic E-state index is 11.8. The fourth-order valence-corrected chi connectivity index (χ4v) is 2.09. The smallest absolute Gasteiger partial charge is 0.317 e. The third-order valence-electron chi connectivity index (χ3n) is 2.71. The van der Waals surface area contributed by atoms with Crippen molar-refractivity contribution in [2.24, 2.45) is 5.10 Å². The molecule has 2 rings (SSSR count). The van der Waals surface area contributed by atoms with Gasteiger partial charge in [0, 0.05) is 28.1 Å². The lowest BCUT2D eigenvalue weighted by molar-refractivity contribution is -0.136. The summed E-state index contributed by atoms with van der Waals surface area (Å²) < 4.78 is 0.897. The Bertz CT molecular complexity index is 717. The third-order valence-corrected chi connectivity index (χ3v) is 3.20. The van der Waals surface area contributed by atoms with Crippen molar-refractivity contribution in [2.45, 2.75) is 6.92 Å². The lowest BCUT2D eigenvalue weighted by Crippen LogP contribution is -2.32. The summed E-state index contributed by atoms with van der Waals surface area (Å²) in [5.41, 5.74) is 4.29. The Hall–Kier alpha value is -2.54. The maximum absolute atomic E-state index is 11.8. The highest BCUT2D eigenvalue weighted by atomic mass is 79.9. The Morgan fingerprint density at radius 1 is 1.27 bits per heavy atom. The number of hydrogen-bond acceptors (Lipinski definition) is 4. The van der Waals surface area contributed by atoms with Gasteiger partial charge in [-0.1, -0.05) is 22.0 Å². The van der Waals surface area contributed by atoms with Crippen LogP contribution in [-0.4, -0.2) is 23.0 Å². The van der Waals surface area contributed by atoms with Crippen LogP contribution in [0, 0.1) is 6.92 Å². The molecule has 6 nitrogen and oxygen atoms in total. The molecular formula is C15H13BrN4O2. The van der Waals surface area contributed by atoms with E-state index in [-0.39, 0.29) is 0 Å². The molecule has 0 unspecified atom stereocenters. The number of hydrogen-bond donors (Lipinski definition) is 2. The van der Waals surface area contributed by atoms with Crippen LogP contribution in [0.5, 0.6) is 0 Å². The number of hydrazone groups is 1. The van der Waals surface area contributed by atoms with Crippen LogP contribution >= 0.6 is 15.9 Å². The second kappa shape index (κ2) is 7.46. The molecule has 1 aromatic carbocycles. The SMILES string of the molecule is Cc1cc(Br)ccc1NC(=O)C(=O)N/N=C/c1cccnc1. The second-order valence-corrected chi connectivity index (χ2v) is 5.31. The van der Waals surface area contributed by atoms with Crippen molar-refractivity contribution in [1.29, 1.82) is 0 Å². The minimum absolute atomic E-state index is 0.569. The fraction of sp³-hybridized carbons (Fsp3) is 0.0667. The molecule has 0 saturated heterocycles. The van der Waals surface area contributed by atoms with Crippen molar-refractivity contribution in [1.82, 2.24) is 10.4 Å². The number of aryl methyl sites for hydroxylation is 1. The average molecular weight is 361 g/mol. The van der Waals surface area contributed by atoms with E-state index in [9.17, 15) is 9.59 Å². The molecule has 0 aliphatic carbocycles. The molecule has 1 heterocycles. The molecule has 22 heavy (non-hydrogen) atoms. The molecule has 0 radical (unpaired) electrons. The Morgan fingerprint density at radius 2 is 2.09 bits per heavy atom. The molecule has 2 N–H and O–H groups in total. The molecule has 0 atom stereocenters. The zero-order valence-corrected chi connectivity index (χ0v) is 13.3. The molecule has 0 aliphatic rings. The van der Waals surface area contributed by atoms with Crippen molar-refractivity contribution in [3.8, 4) is 0 Å². The first kappa shape index (κ1) is 15.8. The third kappa shape index (κ3) is 4.49. The zero-order valence-electron chi connectivity index (χ0n) is 11.7. The van der Waals surface area contributed by atoms with Gasteiger partial charge >= 0.3 is 11.8 Å². The molecule has 7 heteroatoms. The van der Waals surface area contributed by atoms with E-state index in [0.29, 0.717) is 11.3 Å². The van der Waals surface area contributed by atoms with E-state index >= 15 is 0 Å². The highest BCUT2D eigenvalue weighted by Gasteiger charge is 2.13. The summed E-state index contributed by atoms with van der Waals surface area (Å²) in [7, 11) is 0. The van der Waals surface area contributed by atoms with Crippen molar-refractivity contribution in [2.75, 3.05) is 5.32 Å². The van der Waals surface area contributed by atoms with Crippen LogP contribution in [0.25, 0.3) is 0 Å². The number of carbonyl (C=O) groups is 2. The predicted molar refractivity (Wildman–Crippen MR) is 87.5 cm³/mol. The normalized spacial score (nSPS) is 10.5. The molecule has 0 saturated carbocycles. The summed E-state index contributed by atoms with van der Waals surface area (Å²) in [4.78, 5) is 27.3. The van der Waals surface area contributed by atoms with Gasteiger partial charge in [-0.15, -0.1) is 0 Å². The number of halogens is 1. The molecule has 0 fully saturated rings. The highest BCUT2D eigenvalue weighted by molar-refractivity contribution is 9.10. The van der Waals surface area contributed by atoms with Crippen molar-refractivity contribution in [3.63, 3.8) is 0 Å². The standard InChI is InChI=1S/C15H13BrN4O2/c1-10-7-12(16)4-5-13(10)19-14(21)15(22)20-18-9-11-3-2-6-17-8-11/h2-9H,1H3,(H,19,21)(H,20,22)/b18-9+. The average Bonchev–Trinajstić information content (AvgIpc) is 2.51. The highest BCUT2D eigenvalue weighted by Crippen LogP contribution is 2.19. The van der Waals surface area contributed by atoms with Crippen molar-refractivity contribution < 1.29 is 9.59 Å². The van der Waals surface area contributed by atoms with Gasteiger partial charge in [0.1, 0.15) is 0 Å². The minimum Gasteiger partial charge on any atom is -0.317 e. The van der Waals surface area contributed by atoms with E-state index in [1.807, 2.05) is 13.0 Å². The number of nitrogens with one attached hydrogen (secondary N) is 2.